The Labute approximate surface area is 222 Å². The van der Waals surface area contributed by atoms with Crippen LogP contribution < -0.4 is 10.5 Å². The Morgan fingerprint density at radius 2 is 1.78 bits per heavy atom. The number of thioether (sulfide) groups is 1. The fraction of sp³-hybridized carbons (Fsp3) is 0.429. The van der Waals surface area contributed by atoms with E-state index in [0.717, 1.165) is 55.7 Å². The molecule has 2 saturated heterocycles. The highest BCUT2D eigenvalue weighted by Crippen LogP contribution is 2.36. The van der Waals surface area contributed by atoms with E-state index >= 15 is 0 Å². The van der Waals surface area contributed by atoms with Crippen molar-refractivity contribution < 1.29 is 4.79 Å². The minimum atomic E-state index is -0.247. The van der Waals surface area contributed by atoms with Gasteiger partial charge in [-0.1, -0.05) is 74.1 Å². The number of pyridine rings is 1. The standard InChI is InChI=1S/C28H32N4O2S2/c1-3-14-31-25(30-15-9-4-5-10-16-30)22(20(2)23(19-29)26(31)33)18-24-27(34)32(28(35)36-24)17-13-21-11-7-6-8-12-21/h6-8,11-12,18H,3-5,9-10,13-17H2,1-2H3/b24-18+. The third-order valence-corrected chi connectivity index (χ3v) is 8.19. The summed E-state index contributed by atoms with van der Waals surface area (Å²) in [5, 5.41) is 9.84. The topological polar surface area (TPSA) is 69.3 Å². The second kappa shape index (κ2) is 11.9. The highest BCUT2D eigenvalue weighted by molar-refractivity contribution is 8.26. The van der Waals surface area contributed by atoms with Crippen LogP contribution in [0, 0.1) is 18.3 Å². The Hall–Kier alpha value is -2.89. The fourth-order valence-electron chi connectivity index (χ4n) is 4.91. The number of aromatic nitrogens is 1. The second-order valence-corrected chi connectivity index (χ2v) is 11.0. The number of thiocarbonyl (C=S) groups is 1. The lowest BCUT2D eigenvalue weighted by molar-refractivity contribution is -0.122. The van der Waals surface area contributed by atoms with Crippen LogP contribution in [0.3, 0.4) is 0 Å². The van der Waals surface area contributed by atoms with E-state index in [4.69, 9.17) is 12.2 Å². The fourth-order valence-corrected chi connectivity index (χ4v) is 6.20. The molecule has 1 amide bonds. The molecule has 8 heteroatoms. The number of benzene rings is 1. The summed E-state index contributed by atoms with van der Waals surface area (Å²) in [5.74, 6) is 0.712. The van der Waals surface area contributed by atoms with Crippen LogP contribution in [0.25, 0.3) is 6.08 Å². The first-order valence-electron chi connectivity index (χ1n) is 12.7. The van der Waals surface area contributed by atoms with Gasteiger partial charge in [0.15, 0.2) is 0 Å². The largest absolute Gasteiger partial charge is 0.357 e. The first-order chi connectivity index (χ1) is 17.5. The Bertz CT molecular complexity index is 1270. The second-order valence-electron chi connectivity index (χ2n) is 9.28. The molecule has 6 nitrogen and oxygen atoms in total. The van der Waals surface area contributed by atoms with Gasteiger partial charge < -0.3 is 4.90 Å². The third-order valence-electron chi connectivity index (χ3n) is 6.82. The van der Waals surface area contributed by atoms with E-state index < -0.39 is 0 Å². The van der Waals surface area contributed by atoms with Gasteiger partial charge in [0.1, 0.15) is 21.8 Å². The summed E-state index contributed by atoms with van der Waals surface area (Å²) in [6, 6.07) is 12.2. The molecule has 0 spiro atoms. The summed E-state index contributed by atoms with van der Waals surface area (Å²) in [4.78, 5) is 31.2. The minimum absolute atomic E-state index is 0.117. The van der Waals surface area contributed by atoms with Gasteiger partial charge in [-0.15, -0.1) is 0 Å². The summed E-state index contributed by atoms with van der Waals surface area (Å²) in [6.45, 7) is 6.60. The maximum Gasteiger partial charge on any atom is 0.270 e. The van der Waals surface area contributed by atoms with Gasteiger partial charge in [0, 0.05) is 31.7 Å². The average Bonchev–Trinajstić information content (AvgIpc) is 3.04. The maximum absolute atomic E-state index is 13.4. The predicted octanol–water partition coefficient (Wildman–Crippen LogP) is 5.26. The van der Waals surface area contributed by atoms with Crippen molar-refractivity contribution >= 4 is 46.1 Å². The van der Waals surface area contributed by atoms with Crippen LogP contribution in [-0.2, 0) is 17.8 Å². The number of carbonyl (C=O) groups excluding carboxylic acids is 1. The lowest BCUT2D eigenvalue weighted by Gasteiger charge is -2.29. The zero-order chi connectivity index (χ0) is 25.7. The van der Waals surface area contributed by atoms with Gasteiger partial charge in [-0.25, -0.2) is 0 Å². The van der Waals surface area contributed by atoms with Crippen molar-refractivity contribution in [1.29, 1.82) is 5.26 Å². The van der Waals surface area contributed by atoms with Crippen LogP contribution >= 0.6 is 24.0 Å². The van der Waals surface area contributed by atoms with E-state index in [-0.39, 0.29) is 17.0 Å². The molecule has 0 saturated carbocycles. The zero-order valence-corrected chi connectivity index (χ0v) is 22.6. The van der Waals surface area contributed by atoms with Crippen molar-refractivity contribution in [3.8, 4) is 6.07 Å². The monoisotopic (exact) mass is 520 g/mol. The Morgan fingerprint density at radius 3 is 2.42 bits per heavy atom. The highest BCUT2D eigenvalue weighted by Gasteiger charge is 2.33. The quantitative estimate of drug-likeness (QED) is 0.366. The van der Waals surface area contributed by atoms with Crippen molar-refractivity contribution in [3.63, 3.8) is 0 Å². The average molecular weight is 521 g/mol. The van der Waals surface area contributed by atoms with Gasteiger partial charge >= 0.3 is 0 Å². The third kappa shape index (κ3) is 5.42. The number of rotatable bonds is 7. The van der Waals surface area contributed by atoms with Gasteiger partial charge in [-0.2, -0.15) is 5.26 Å². The number of carbonyl (C=O) groups is 1. The van der Waals surface area contributed by atoms with E-state index in [0.29, 0.717) is 27.9 Å². The van der Waals surface area contributed by atoms with Crippen LogP contribution in [0.5, 0.6) is 0 Å². The molecule has 188 valence electrons. The molecule has 2 aliphatic heterocycles. The molecule has 0 bridgehead atoms. The highest BCUT2D eigenvalue weighted by atomic mass is 32.2. The van der Waals surface area contributed by atoms with Crippen LogP contribution in [0.15, 0.2) is 40.0 Å². The van der Waals surface area contributed by atoms with E-state index in [9.17, 15) is 14.9 Å². The summed E-state index contributed by atoms with van der Waals surface area (Å²) in [5.41, 5.74) is 2.46. The molecule has 2 aliphatic rings. The molecule has 2 aromatic rings. The summed E-state index contributed by atoms with van der Waals surface area (Å²) in [7, 11) is 0. The first-order valence-corrected chi connectivity index (χ1v) is 13.9. The van der Waals surface area contributed by atoms with Crippen molar-refractivity contribution in [3.05, 3.63) is 67.8 Å². The maximum atomic E-state index is 13.4. The number of hydrogen-bond acceptors (Lipinski definition) is 6. The van der Waals surface area contributed by atoms with E-state index in [1.54, 1.807) is 9.47 Å². The van der Waals surface area contributed by atoms with Gasteiger partial charge in [0.05, 0.1) is 4.91 Å². The van der Waals surface area contributed by atoms with Crippen molar-refractivity contribution in [1.82, 2.24) is 9.47 Å². The SMILES string of the molecule is CCCn1c(N2CCCCCC2)c(/C=C2/SC(=S)N(CCc3ccccc3)C2=O)c(C)c(C#N)c1=O. The summed E-state index contributed by atoms with van der Waals surface area (Å²) < 4.78 is 2.29. The van der Waals surface area contributed by atoms with Crippen LogP contribution in [-0.4, -0.2) is 39.3 Å². The first kappa shape index (κ1) is 26.2. The minimum Gasteiger partial charge on any atom is -0.357 e. The molecular weight excluding hydrogens is 488 g/mol. The lowest BCUT2D eigenvalue weighted by atomic mass is 10.0. The predicted molar refractivity (Wildman–Crippen MR) is 151 cm³/mol. The number of amides is 1. The van der Waals surface area contributed by atoms with Crippen LogP contribution in [0.1, 0.15) is 61.3 Å². The number of anilines is 1. The van der Waals surface area contributed by atoms with Crippen LogP contribution in [0.2, 0.25) is 0 Å². The van der Waals surface area contributed by atoms with E-state index in [1.165, 1.54) is 24.6 Å². The molecule has 0 aliphatic carbocycles. The molecule has 3 heterocycles. The van der Waals surface area contributed by atoms with E-state index in [2.05, 4.69) is 11.0 Å². The molecule has 1 aromatic heterocycles. The molecular formula is C28H32N4O2S2. The van der Waals surface area contributed by atoms with Crippen LogP contribution in [0.4, 0.5) is 5.82 Å². The molecule has 0 radical (unpaired) electrons. The van der Waals surface area contributed by atoms with Gasteiger partial charge in [0.25, 0.3) is 11.5 Å². The Balaban J connectivity index is 1.76. The number of nitriles is 1. The molecule has 1 aromatic carbocycles. The number of nitrogens with zero attached hydrogens (tertiary/aromatic N) is 4. The van der Waals surface area contributed by atoms with Crippen molar-refractivity contribution in [2.45, 2.75) is 58.9 Å². The summed E-state index contributed by atoms with van der Waals surface area (Å²) in [6.07, 6.45) is 7.80. The molecule has 4 rings (SSSR count). The van der Waals surface area contributed by atoms with E-state index in [1.807, 2.05) is 50.3 Å². The zero-order valence-electron chi connectivity index (χ0n) is 21.0. The Kier molecular flexibility index (Phi) is 8.65. The van der Waals surface area contributed by atoms with Gasteiger partial charge in [-0.05, 0) is 49.8 Å². The van der Waals surface area contributed by atoms with Crippen molar-refractivity contribution in [2.75, 3.05) is 24.5 Å². The molecule has 0 unspecified atom stereocenters. The van der Waals surface area contributed by atoms with Gasteiger partial charge in [0.2, 0.25) is 0 Å². The Morgan fingerprint density at radius 1 is 1.08 bits per heavy atom. The van der Waals surface area contributed by atoms with Crippen molar-refractivity contribution in [2.24, 2.45) is 0 Å². The molecule has 0 N–H and O–H groups in total. The molecule has 36 heavy (non-hydrogen) atoms. The summed E-state index contributed by atoms with van der Waals surface area (Å²) >= 11 is 6.88. The molecule has 2 fully saturated rings. The number of hydrogen-bond donors (Lipinski definition) is 0. The molecule has 0 atom stereocenters. The van der Waals surface area contributed by atoms with Gasteiger partial charge in [-0.3, -0.25) is 19.1 Å². The lowest BCUT2D eigenvalue weighted by Crippen LogP contribution is -2.35. The smallest absolute Gasteiger partial charge is 0.270 e. The normalized spacial score (nSPS) is 17.5.